The van der Waals surface area contributed by atoms with Crippen LogP contribution in [-0.4, -0.2) is 27.4 Å². The molecule has 0 bridgehead atoms. The molecule has 0 fully saturated rings. The van der Waals surface area contributed by atoms with Gasteiger partial charge in [-0.3, -0.25) is 0 Å². The van der Waals surface area contributed by atoms with E-state index in [2.05, 4.69) is 0 Å². The maximum absolute atomic E-state index is 6.55. The highest BCUT2D eigenvalue weighted by Gasteiger charge is 2.31. The minimum absolute atomic E-state index is 0.000982. The smallest absolute Gasteiger partial charge is 0.0486 e. The number of hydrogen-bond acceptors (Lipinski definition) is 0. The maximum Gasteiger partial charge on any atom is 0.0486 e. The summed E-state index contributed by atoms with van der Waals surface area (Å²) in [4.78, 5) is -0.386. The molecule has 0 saturated heterocycles. The Morgan fingerprint density at radius 2 is 1.56 bits per heavy atom. The maximum atomic E-state index is 6.55. The average Bonchev–Trinajstić information content (AvgIpc) is 2.17. The van der Waals surface area contributed by atoms with E-state index in [1.165, 1.54) is 0 Å². The van der Waals surface area contributed by atoms with Crippen LogP contribution < -0.4 is 0 Å². The molecule has 0 aromatic rings. The number of rotatable bonds is 9. The lowest BCUT2D eigenvalue weighted by molar-refractivity contribution is 0.452. The standard InChI is InChI=1S/C11H19Cl5/c1-2-9(14)7-11(16,4-6-13)8-10(15)3-5-12/h9-10H,2-8H2,1H3. The predicted octanol–water partition coefficient (Wildman–Crippen LogP) is 5.63. The summed E-state index contributed by atoms with van der Waals surface area (Å²) in [5, 5.41) is 0.0829. The van der Waals surface area contributed by atoms with Crippen molar-refractivity contribution >= 4 is 58.0 Å². The average molecular weight is 329 g/mol. The van der Waals surface area contributed by atoms with Crippen LogP contribution in [0.5, 0.6) is 0 Å². The first kappa shape index (κ1) is 17.4. The minimum atomic E-state index is -0.386. The molecular weight excluding hydrogens is 309 g/mol. The van der Waals surface area contributed by atoms with Gasteiger partial charge in [0.1, 0.15) is 0 Å². The van der Waals surface area contributed by atoms with Crippen LogP contribution in [0.15, 0.2) is 0 Å². The van der Waals surface area contributed by atoms with E-state index in [0.717, 1.165) is 25.7 Å². The van der Waals surface area contributed by atoms with Crippen molar-refractivity contribution in [1.82, 2.24) is 0 Å². The largest absolute Gasteiger partial charge is 0.127 e. The highest BCUT2D eigenvalue weighted by Crippen LogP contribution is 2.36. The van der Waals surface area contributed by atoms with Crippen LogP contribution in [0, 0.1) is 0 Å². The van der Waals surface area contributed by atoms with Crippen molar-refractivity contribution in [2.75, 3.05) is 11.8 Å². The van der Waals surface area contributed by atoms with Gasteiger partial charge in [-0.15, -0.1) is 58.0 Å². The van der Waals surface area contributed by atoms with Crippen molar-refractivity contribution in [3.63, 3.8) is 0 Å². The van der Waals surface area contributed by atoms with Gasteiger partial charge in [0.25, 0.3) is 0 Å². The van der Waals surface area contributed by atoms with Crippen molar-refractivity contribution in [3.05, 3.63) is 0 Å². The Morgan fingerprint density at radius 1 is 1.00 bits per heavy atom. The normalized spacial score (nSPS) is 19.1. The molecule has 0 aliphatic heterocycles. The lowest BCUT2D eigenvalue weighted by Crippen LogP contribution is -2.30. The molecule has 0 aliphatic rings. The van der Waals surface area contributed by atoms with Gasteiger partial charge in [-0.25, -0.2) is 0 Å². The van der Waals surface area contributed by atoms with E-state index in [-0.39, 0.29) is 15.6 Å². The third-order valence-corrected chi connectivity index (χ3v) is 4.32. The van der Waals surface area contributed by atoms with Gasteiger partial charge in [-0.05, 0) is 32.1 Å². The summed E-state index contributed by atoms with van der Waals surface area (Å²) >= 11 is 30.3. The zero-order chi connectivity index (χ0) is 12.6. The second kappa shape index (κ2) is 9.39. The Kier molecular flexibility index (Phi) is 10.2. The second-order valence-electron chi connectivity index (χ2n) is 4.08. The van der Waals surface area contributed by atoms with E-state index in [1.807, 2.05) is 6.92 Å². The van der Waals surface area contributed by atoms with Crippen LogP contribution in [0.3, 0.4) is 0 Å². The molecule has 0 aromatic heterocycles. The molecule has 0 heterocycles. The van der Waals surface area contributed by atoms with Crippen molar-refractivity contribution < 1.29 is 0 Å². The molecule has 0 N–H and O–H groups in total. The molecule has 0 aliphatic carbocycles. The van der Waals surface area contributed by atoms with Crippen LogP contribution in [-0.2, 0) is 0 Å². The Labute approximate surface area is 124 Å². The molecule has 0 saturated carbocycles. The summed E-state index contributed by atoms with van der Waals surface area (Å²) in [5.74, 6) is 1.08. The van der Waals surface area contributed by atoms with Gasteiger partial charge in [-0.2, -0.15) is 0 Å². The summed E-state index contributed by atoms with van der Waals surface area (Å²) in [7, 11) is 0. The SMILES string of the molecule is CCC(Cl)CC(Cl)(CCCl)CC(Cl)CCCl. The fraction of sp³-hybridized carbons (Fsp3) is 1.00. The molecular formula is C11H19Cl5. The van der Waals surface area contributed by atoms with Gasteiger partial charge in [0, 0.05) is 27.4 Å². The molecule has 0 radical (unpaired) electrons. The van der Waals surface area contributed by atoms with E-state index in [4.69, 9.17) is 58.0 Å². The molecule has 0 nitrogen and oxygen atoms in total. The van der Waals surface area contributed by atoms with E-state index < -0.39 is 0 Å². The van der Waals surface area contributed by atoms with Gasteiger partial charge in [0.15, 0.2) is 0 Å². The Hall–Kier alpha value is 1.45. The predicted molar refractivity (Wildman–Crippen MR) is 78.1 cm³/mol. The monoisotopic (exact) mass is 326 g/mol. The van der Waals surface area contributed by atoms with Crippen molar-refractivity contribution in [2.45, 2.75) is 54.7 Å². The van der Waals surface area contributed by atoms with E-state index in [1.54, 1.807) is 0 Å². The topological polar surface area (TPSA) is 0 Å². The van der Waals surface area contributed by atoms with Gasteiger partial charge in [-0.1, -0.05) is 6.92 Å². The van der Waals surface area contributed by atoms with Gasteiger partial charge in [0.05, 0.1) is 0 Å². The van der Waals surface area contributed by atoms with E-state index in [9.17, 15) is 0 Å². The van der Waals surface area contributed by atoms with Gasteiger partial charge >= 0.3 is 0 Å². The summed E-state index contributed by atoms with van der Waals surface area (Å²) in [6.07, 6.45) is 3.84. The number of halogens is 5. The first-order chi connectivity index (χ1) is 7.47. The number of hydrogen-bond donors (Lipinski definition) is 0. The fourth-order valence-corrected chi connectivity index (χ4v) is 3.77. The molecule has 0 aromatic carbocycles. The molecule has 16 heavy (non-hydrogen) atoms. The molecule has 3 unspecified atom stereocenters. The summed E-state index contributed by atoms with van der Waals surface area (Å²) < 4.78 is 0. The quantitative estimate of drug-likeness (QED) is 0.481. The lowest BCUT2D eigenvalue weighted by Gasteiger charge is -2.30. The van der Waals surface area contributed by atoms with Crippen molar-refractivity contribution in [1.29, 1.82) is 0 Å². The zero-order valence-corrected chi connectivity index (χ0v) is 13.3. The van der Waals surface area contributed by atoms with Crippen LogP contribution in [0.2, 0.25) is 0 Å². The summed E-state index contributed by atoms with van der Waals surface area (Å²) in [6.45, 7) is 2.05. The van der Waals surface area contributed by atoms with Crippen molar-refractivity contribution in [2.24, 2.45) is 0 Å². The summed E-state index contributed by atoms with van der Waals surface area (Å²) in [6, 6.07) is 0. The highest BCUT2D eigenvalue weighted by molar-refractivity contribution is 6.28. The molecule has 0 amide bonds. The third kappa shape index (κ3) is 7.71. The first-order valence-electron chi connectivity index (χ1n) is 5.56. The van der Waals surface area contributed by atoms with Crippen molar-refractivity contribution in [3.8, 4) is 0 Å². The van der Waals surface area contributed by atoms with Crippen LogP contribution in [0.1, 0.15) is 39.0 Å². The Bertz CT molecular complexity index is 176. The molecule has 0 spiro atoms. The number of alkyl halides is 5. The third-order valence-electron chi connectivity index (χ3n) is 2.58. The molecule has 5 heteroatoms. The molecule has 3 atom stereocenters. The zero-order valence-electron chi connectivity index (χ0n) is 9.49. The second-order valence-corrected chi connectivity index (χ2v) is 6.87. The summed E-state index contributed by atoms with van der Waals surface area (Å²) in [5.41, 5.74) is 0. The molecule has 0 rings (SSSR count). The first-order valence-corrected chi connectivity index (χ1v) is 7.88. The van der Waals surface area contributed by atoms with Crippen LogP contribution in [0.25, 0.3) is 0 Å². The lowest BCUT2D eigenvalue weighted by atomic mass is 9.92. The minimum Gasteiger partial charge on any atom is -0.127 e. The fourth-order valence-electron chi connectivity index (χ4n) is 1.62. The Balaban J connectivity index is 4.30. The van der Waals surface area contributed by atoms with Gasteiger partial charge in [0.2, 0.25) is 0 Å². The Morgan fingerprint density at radius 3 is 2.00 bits per heavy atom. The van der Waals surface area contributed by atoms with Crippen LogP contribution >= 0.6 is 58.0 Å². The molecule has 98 valence electrons. The highest BCUT2D eigenvalue weighted by atomic mass is 35.5. The van der Waals surface area contributed by atoms with Gasteiger partial charge < -0.3 is 0 Å². The van der Waals surface area contributed by atoms with Crippen LogP contribution in [0.4, 0.5) is 0 Å². The van der Waals surface area contributed by atoms with E-state index >= 15 is 0 Å². The van der Waals surface area contributed by atoms with E-state index in [0.29, 0.717) is 18.2 Å².